The molecule has 3 rings (SSSR count). The Kier molecular flexibility index (Phi) is 5.97. The first-order valence-corrected chi connectivity index (χ1v) is 13.5. The van der Waals surface area contributed by atoms with Crippen molar-refractivity contribution >= 4 is 36.7 Å². The van der Waals surface area contributed by atoms with Gasteiger partial charge in [0.05, 0.1) is 0 Å². The van der Waals surface area contributed by atoms with Crippen LogP contribution in [-0.2, 0) is 0 Å². The first-order valence-electron chi connectivity index (χ1n) is 9.10. The van der Waals surface area contributed by atoms with Crippen LogP contribution in [0.2, 0.25) is 0 Å². The summed E-state index contributed by atoms with van der Waals surface area (Å²) in [5.74, 6) is 0. The summed E-state index contributed by atoms with van der Waals surface area (Å²) < 4.78 is 0. The third kappa shape index (κ3) is 3.51. The fourth-order valence-corrected chi connectivity index (χ4v) is 11.4. The quantitative estimate of drug-likeness (QED) is 0.490. The predicted molar refractivity (Wildman–Crippen MR) is 122 cm³/mol. The molecule has 0 heterocycles. The summed E-state index contributed by atoms with van der Waals surface area (Å²) in [7, 11) is 4.30. The molecule has 0 spiro atoms. The van der Waals surface area contributed by atoms with Crippen molar-refractivity contribution in [2.24, 2.45) is 0 Å². The topological polar surface area (TPSA) is 3.24 Å². The van der Waals surface area contributed by atoms with Gasteiger partial charge in [0.1, 0.15) is 0 Å². The Morgan fingerprint density at radius 1 is 0.654 bits per heavy atom. The third-order valence-corrected chi connectivity index (χ3v) is 15.1. The Morgan fingerprint density at radius 2 is 1.00 bits per heavy atom. The number of hydrogen-bond acceptors (Lipinski definition) is 1. The summed E-state index contributed by atoms with van der Waals surface area (Å²) in [5.41, 5.74) is 0. The zero-order valence-electron chi connectivity index (χ0n) is 15.6. The molecule has 3 aromatic carbocycles. The van der Waals surface area contributed by atoms with E-state index in [0.29, 0.717) is 0 Å². The minimum atomic E-state index is -2.72. The van der Waals surface area contributed by atoms with Crippen LogP contribution in [0.3, 0.4) is 0 Å². The van der Waals surface area contributed by atoms with Crippen molar-refractivity contribution in [3.63, 3.8) is 0 Å². The van der Waals surface area contributed by atoms with Crippen molar-refractivity contribution in [3.8, 4) is 0 Å². The van der Waals surface area contributed by atoms with Crippen molar-refractivity contribution in [2.45, 2.75) is 6.42 Å². The van der Waals surface area contributed by atoms with Crippen molar-refractivity contribution < 1.29 is 0 Å². The van der Waals surface area contributed by atoms with E-state index >= 15 is 0 Å². The number of halogens is 1. The molecule has 0 unspecified atom stereocenters. The number of nitrogens with zero attached hydrogens (tertiary/aromatic N) is 1. The van der Waals surface area contributed by atoms with Crippen LogP contribution in [0, 0.1) is 0 Å². The van der Waals surface area contributed by atoms with Crippen LogP contribution in [0.25, 0.3) is 0 Å². The van der Waals surface area contributed by atoms with Crippen LogP contribution in [-0.4, -0.2) is 31.7 Å². The van der Waals surface area contributed by atoms with E-state index in [-0.39, 0.29) is 0 Å². The zero-order valence-corrected chi connectivity index (χ0v) is 18.0. The molecule has 0 fully saturated rings. The SMILES string of the molecule is CN(C)CCCP(Br)(c1ccccc1)(c1ccccc1)c1ccccc1. The fourth-order valence-electron chi connectivity index (χ4n) is 3.73. The first kappa shape index (κ1) is 19.3. The second-order valence-corrected chi connectivity index (χ2v) is 16.1. The molecule has 3 heteroatoms. The van der Waals surface area contributed by atoms with Gasteiger partial charge in [0, 0.05) is 0 Å². The van der Waals surface area contributed by atoms with Gasteiger partial charge in [-0.2, -0.15) is 0 Å². The Bertz CT molecular complexity index is 719. The summed E-state index contributed by atoms with van der Waals surface area (Å²) in [4.78, 5) is 2.27. The molecule has 0 saturated carbocycles. The fraction of sp³-hybridized carbons (Fsp3) is 0.217. The maximum absolute atomic E-state index is 4.48. The summed E-state index contributed by atoms with van der Waals surface area (Å²) >= 11 is 4.48. The van der Waals surface area contributed by atoms with E-state index in [1.54, 1.807) is 0 Å². The molecule has 0 radical (unpaired) electrons. The van der Waals surface area contributed by atoms with Gasteiger partial charge in [-0.1, -0.05) is 0 Å². The predicted octanol–water partition coefficient (Wildman–Crippen LogP) is 4.78. The number of rotatable bonds is 7. The Balaban J connectivity index is 2.28. The van der Waals surface area contributed by atoms with E-state index < -0.39 is 5.31 Å². The van der Waals surface area contributed by atoms with Gasteiger partial charge < -0.3 is 0 Å². The van der Waals surface area contributed by atoms with E-state index in [1.807, 2.05) is 0 Å². The van der Waals surface area contributed by atoms with E-state index in [4.69, 9.17) is 0 Å². The second kappa shape index (κ2) is 8.05. The molecule has 0 N–H and O–H groups in total. The summed E-state index contributed by atoms with van der Waals surface area (Å²) in [6, 6.07) is 33.1. The van der Waals surface area contributed by atoms with Crippen LogP contribution < -0.4 is 15.9 Å². The van der Waals surface area contributed by atoms with Crippen LogP contribution >= 0.6 is 20.8 Å². The van der Waals surface area contributed by atoms with Gasteiger partial charge in [-0.15, -0.1) is 0 Å². The zero-order chi connectivity index (χ0) is 18.5. The van der Waals surface area contributed by atoms with Gasteiger partial charge >= 0.3 is 166 Å². The average Bonchev–Trinajstić information content (AvgIpc) is 2.70. The van der Waals surface area contributed by atoms with Crippen molar-refractivity contribution in [1.82, 2.24) is 4.90 Å². The molecule has 0 aliphatic carbocycles. The molecule has 26 heavy (non-hydrogen) atoms. The molecular weight excluding hydrogens is 401 g/mol. The van der Waals surface area contributed by atoms with Crippen molar-refractivity contribution in [3.05, 3.63) is 91.0 Å². The molecule has 0 amide bonds. The molecule has 3 aromatic rings. The number of benzene rings is 3. The molecule has 0 aliphatic rings. The Hall–Kier alpha value is -1.47. The normalized spacial score (nSPS) is 13.3. The Labute approximate surface area is 165 Å². The summed E-state index contributed by atoms with van der Waals surface area (Å²) in [6.07, 6.45) is 2.23. The summed E-state index contributed by atoms with van der Waals surface area (Å²) in [6.45, 7) is 1.08. The maximum atomic E-state index is 4.48. The van der Waals surface area contributed by atoms with Crippen molar-refractivity contribution in [2.75, 3.05) is 26.8 Å². The Morgan fingerprint density at radius 3 is 1.31 bits per heavy atom. The second-order valence-electron chi connectivity index (χ2n) is 7.07. The van der Waals surface area contributed by atoms with E-state index in [9.17, 15) is 0 Å². The van der Waals surface area contributed by atoms with Gasteiger partial charge in [0.2, 0.25) is 0 Å². The van der Waals surface area contributed by atoms with Gasteiger partial charge in [0.25, 0.3) is 0 Å². The standard InChI is InChI=1S/C23H27BrNP/c1-25(2)19-12-20-26(24,21-13-6-3-7-14-21,22-15-8-4-9-16-22)23-17-10-5-11-18-23/h3-11,13-18H,12,19-20H2,1-2H3. The van der Waals surface area contributed by atoms with Crippen LogP contribution in [0.15, 0.2) is 91.0 Å². The molecule has 1 nitrogen and oxygen atoms in total. The van der Waals surface area contributed by atoms with Crippen LogP contribution in [0.5, 0.6) is 0 Å². The monoisotopic (exact) mass is 427 g/mol. The molecule has 136 valence electrons. The van der Waals surface area contributed by atoms with E-state index in [0.717, 1.165) is 19.1 Å². The van der Waals surface area contributed by atoms with Crippen molar-refractivity contribution in [1.29, 1.82) is 0 Å². The molecule has 0 atom stereocenters. The molecule has 0 saturated heterocycles. The minimum absolute atomic E-state index is 1.08. The molecule has 0 bridgehead atoms. The summed E-state index contributed by atoms with van der Waals surface area (Å²) in [5, 5.41) is 1.48. The molecule has 0 aliphatic heterocycles. The van der Waals surface area contributed by atoms with Gasteiger partial charge in [-0.25, -0.2) is 0 Å². The average molecular weight is 428 g/mol. The van der Waals surface area contributed by atoms with Gasteiger partial charge in [0.15, 0.2) is 0 Å². The number of hydrogen-bond donors (Lipinski definition) is 0. The molecule has 0 aromatic heterocycles. The third-order valence-electron chi connectivity index (χ3n) is 5.07. The van der Waals surface area contributed by atoms with Crippen LogP contribution in [0.1, 0.15) is 6.42 Å². The van der Waals surface area contributed by atoms with Crippen LogP contribution in [0.4, 0.5) is 0 Å². The van der Waals surface area contributed by atoms with Gasteiger partial charge in [-0.3, -0.25) is 0 Å². The molecular formula is C23H27BrNP. The van der Waals surface area contributed by atoms with E-state index in [1.165, 1.54) is 15.9 Å². The van der Waals surface area contributed by atoms with Gasteiger partial charge in [-0.05, 0) is 0 Å². The van der Waals surface area contributed by atoms with E-state index in [2.05, 4.69) is 125 Å². The first-order chi connectivity index (χ1) is 12.6.